The molecule has 166 valence electrons. The summed E-state index contributed by atoms with van der Waals surface area (Å²) in [5.41, 5.74) is 2.92. The molecule has 3 rings (SSSR count). The molecule has 0 saturated heterocycles. The summed E-state index contributed by atoms with van der Waals surface area (Å²) in [6.45, 7) is 0. The second-order valence-electron chi connectivity index (χ2n) is 6.30. The molecule has 0 aliphatic heterocycles. The molecule has 1 aromatic heterocycles. The summed E-state index contributed by atoms with van der Waals surface area (Å²) in [6, 6.07) is 9.82. The lowest BCUT2D eigenvalue weighted by molar-refractivity contribution is -0.385. The van der Waals surface area contributed by atoms with Gasteiger partial charge >= 0.3 is 0 Å². The maximum atomic E-state index is 12.1. The van der Waals surface area contributed by atoms with Crippen molar-refractivity contribution in [1.29, 1.82) is 0 Å². The summed E-state index contributed by atoms with van der Waals surface area (Å²) in [4.78, 5) is 22.5. The van der Waals surface area contributed by atoms with Crippen LogP contribution in [0.15, 0.2) is 51.1 Å². The topological polar surface area (TPSA) is 145 Å². The van der Waals surface area contributed by atoms with Crippen LogP contribution in [0.5, 0.6) is 11.5 Å². The van der Waals surface area contributed by atoms with E-state index in [1.54, 1.807) is 11.6 Å². The van der Waals surface area contributed by atoms with Crippen molar-refractivity contribution in [3.63, 3.8) is 0 Å². The number of aromatic nitrogens is 3. The number of amides is 1. The maximum Gasteiger partial charge on any atom is 0.274 e. The fourth-order valence-corrected chi connectivity index (χ4v) is 3.73. The zero-order valence-electron chi connectivity index (χ0n) is 16.9. The first-order valence-electron chi connectivity index (χ1n) is 8.95. The lowest BCUT2D eigenvalue weighted by Gasteiger charge is -2.06. The average Bonchev–Trinajstić information content (AvgIpc) is 3.13. The second-order valence-corrected chi connectivity index (χ2v) is 8.16. The maximum absolute atomic E-state index is 12.1. The molecular weight excluding hydrogens is 504 g/mol. The number of rotatable bonds is 8. The van der Waals surface area contributed by atoms with E-state index in [0.717, 1.165) is 28.4 Å². The molecule has 0 saturated carbocycles. The number of nitro benzene ring substituents is 1. The molecule has 1 heterocycles. The van der Waals surface area contributed by atoms with E-state index in [0.29, 0.717) is 11.0 Å². The molecule has 2 aromatic carbocycles. The monoisotopic (exact) mass is 520 g/mol. The Bertz CT molecular complexity index is 1200. The molecule has 0 spiro atoms. The highest BCUT2D eigenvalue weighted by Gasteiger charge is 2.16. The molecule has 0 aliphatic rings. The number of nitrogens with one attached hydrogen (secondary N) is 1. The number of benzene rings is 2. The number of hydrogen-bond donors (Lipinski definition) is 2. The van der Waals surface area contributed by atoms with Crippen molar-refractivity contribution in [2.75, 3.05) is 12.9 Å². The number of hydrazone groups is 1. The zero-order chi connectivity index (χ0) is 23.3. The van der Waals surface area contributed by atoms with Crippen LogP contribution in [0.1, 0.15) is 5.56 Å². The van der Waals surface area contributed by atoms with Gasteiger partial charge in [0.15, 0.2) is 22.5 Å². The van der Waals surface area contributed by atoms with Gasteiger partial charge in [0, 0.05) is 28.7 Å². The van der Waals surface area contributed by atoms with E-state index in [-0.39, 0.29) is 28.5 Å². The number of hydrogen-bond acceptors (Lipinski definition) is 9. The van der Waals surface area contributed by atoms with Gasteiger partial charge < -0.3 is 14.4 Å². The molecule has 2 N–H and O–H groups in total. The highest BCUT2D eigenvalue weighted by atomic mass is 79.9. The van der Waals surface area contributed by atoms with Gasteiger partial charge in [0.2, 0.25) is 0 Å². The van der Waals surface area contributed by atoms with Crippen LogP contribution in [0.2, 0.25) is 0 Å². The summed E-state index contributed by atoms with van der Waals surface area (Å²) >= 11 is 4.59. The van der Waals surface area contributed by atoms with Gasteiger partial charge in [-0.05, 0) is 12.1 Å². The number of phenols is 1. The van der Waals surface area contributed by atoms with E-state index in [9.17, 15) is 20.0 Å². The van der Waals surface area contributed by atoms with Gasteiger partial charge in [-0.3, -0.25) is 14.9 Å². The van der Waals surface area contributed by atoms with E-state index >= 15 is 0 Å². The number of ether oxygens (including phenoxy) is 1. The van der Waals surface area contributed by atoms with E-state index in [4.69, 9.17) is 4.74 Å². The van der Waals surface area contributed by atoms with E-state index in [2.05, 4.69) is 36.7 Å². The SMILES string of the molecule is COc1cc([N+](=O)[O-])cc(/C=N/NC(=O)CSc2nnc(-c3cccc(Br)c3)n2C)c1O. The molecule has 0 unspecified atom stereocenters. The number of thioether (sulfide) groups is 1. The van der Waals surface area contributed by atoms with Gasteiger partial charge in [-0.2, -0.15) is 5.10 Å². The number of carbonyl (C=O) groups excluding carboxylic acids is 1. The minimum Gasteiger partial charge on any atom is -0.504 e. The molecule has 0 radical (unpaired) electrons. The van der Waals surface area contributed by atoms with E-state index in [1.807, 2.05) is 24.3 Å². The van der Waals surface area contributed by atoms with Crippen LogP contribution >= 0.6 is 27.7 Å². The normalized spacial score (nSPS) is 11.0. The second kappa shape index (κ2) is 10.2. The van der Waals surface area contributed by atoms with Gasteiger partial charge in [0.05, 0.1) is 30.1 Å². The van der Waals surface area contributed by atoms with Crippen LogP contribution < -0.4 is 10.2 Å². The van der Waals surface area contributed by atoms with Gasteiger partial charge in [0.25, 0.3) is 11.6 Å². The largest absolute Gasteiger partial charge is 0.504 e. The minimum atomic E-state index is -0.627. The first-order valence-corrected chi connectivity index (χ1v) is 10.7. The number of methoxy groups -OCH3 is 1. The van der Waals surface area contributed by atoms with Crippen molar-refractivity contribution in [3.8, 4) is 22.9 Å². The number of phenolic OH excluding ortho intramolecular Hbond substituents is 1. The van der Waals surface area contributed by atoms with Crippen molar-refractivity contribution in [1.82, 2.24) is 20.2 Å². The molecule has 0 atom stereocenters. The van der Waals surface area contributed by atoms with Crippen LogP contribution in [-0.4, -0.2) is 49.8 Å². The lowest BCUT2D eigenvalue weighted by atomic mass is 10.2. The van der Waals surface area contributed by atoms with Crippen molar-refractivity contribution < 1.29 is 19.6 Å². The Kier molecular flexibility index (Phi) is 7.43. The first kappa shape index (κ1) is 23.2. The molecule has 13 heteroatoms. The third kappa shape index (κ3) is 5.42. The van der Waals surface area contributed by atoms with E-state index < -0.39 is 10.8 Å². The van der Waals surface area contributed by atoms with Crippen LogP contribution in [0.4, 0.5) is 5.69 Å². The van der Waals surface area contributed by atoms with E-state index in [1.165, 1.54) is 18.9 Å². The standard InChI is InChI=1S/C19H17BrN6O5S/c1-25-18(11-4-3-5-13(20)6-11)23-24-19(25)32-10-16(27)22-21-9-12-7-14(26(29)30)8-15(31-2)17(12)28/h3-9,28H,10H2,1-2H3,(H,22,27)/b21-9+. The Morgan fingerprint density at radius 3 is 2.88 bits per heavy atom. The number of nitrogens with zero attached hydrogens (tertiary/aromatic N) is 5. The number of non-ortho nitro benzene ring substituents is 1. The number of aromatic hydroxyl groups is 1. The highest BCUT2D eigenvalue weighted by Crippen LogP contribution is 2.33. The van der Waals surface area contributed by atoms with Gasteiger partial charge in [-0.15, -0.1) is 10.2 Å². The van der Waals surface area contributed by atoms with Crippen LogP contribution in [-0.2, 0) is 11.8 Å². The smallest absolute Gasteiger partial charge is 0.274 e. The van der Waals surface area contributed by atoms with Crippen molar-refractivity contribution in [2.24, 2.45) is 12.1 Å². The summed E-state index contributed by atoms with van der Waals surface area (Å²) < 4.78 is 7.61. The molecule has 0 aliphatic carbocycles. The molecule has 32 heavy (non-hydrogen) atoms. The van der Waals surface area contributed by atoms with Crippen molar-refractivity contribution in [2.45, 2.75) is 5.16 Å². The Morgan fingerprint density at radius 1 is 1.41 bits per heavy atom. The van der Waals surface area contributed by atoms with Crippen molar-refractivity contribution in [3.05, 3.63) is 56.5 Å². The summed E-state index contributed by atoms with van der Waals surface area (Å²) in [6.07, 6.45) is 1.10. The average molecular weight is 521 g/mol. The lowest BCUT2D eigenvalue weighted by Crippen LogP contribution is -2.20. The van der Waals surface area contributed by atoms with Crippen LogP contribution in [0, 0.1) is 10.1 Å². The molecular formula is C19H17BrN6O5S. The number of nitro groups is 1. The summed E-state index contributed by atoms with van der Waals surface area (Å²) in [5.74, 6) is -0.181. The minimum absolute atomic E-state index is 0.00599. The number of carbonyl (C=O) groups is 1. The molecule has 3 aromatic rings. The fourth-order valence-electron chi connectivity index (χ4n) is 2.63. The van der Waals surface area contributed by atoms with Crippen LogP contribution in [0.25, 0.3) is 11.4 Å². The predicted octanol–water partition coefficient (Wildman–Crippen LogP) is 3.11. The summed E-state index contributed by atoms with van der Waals surface area (Å²) in [5, 5.41) is 33.7. The molecule has 11 nitrogen and oxygen atoms in total. The van der Waals surface area contributed by atoms with Crippen molar-refractivity contribution >= 4 is 45.5 Å². The zero-order valence-corrected chi connectivity index (χ0v) is 19.3. The Morgan fingerprint density at radius 2 is 2.19 bits per heavy atom. The number of halogens is 1. The third-order valence-corrected chi connectivity index (χ3v) is 5.68. The molecule has 0 bridgehead atoms. The summed E-state index contributed by atoms with van der Waals surface area (Å²) in [7, 11) is 3.07. The Hall–Kier alpha value is -3.45. The predicted molar refractivity (Wildman–Crippen MR) is 122 cm³/mol. The molecule has 1 amide bonds. The Labute approximate surface area is 194 Å². The quantitative estimate of drug-likeness (QED) is 0.199. The van der Waals surface area contributed by atoms with Gasteiger partial charge in [-0.25, -0.2) is 5.43 Å². The van der Waals surface area contributed by atoms with Gasteiger partial charge in [-0.1, -0.05) is 39.8 Å². The first-order chi connectivity index (χ1) is 15.3. The third-order valence-electron chi connectivity index (χ3n) is 4.16. The van der Waals surface area contributed by atoms with Gasteiger partial charge in [0.1, 0.15) is 0 Å². The Balaban J connectivity index is 1.62. The molecule has 0 fully saturated rings. The highest BCUT2D eigenvalue weighted by molar-refractivity contribution is 9.10. The van der Waals surface area contributed by atoms with Crippen LogP contribution in [0.3, 0.4) is 0 Å². The fraction of sp³-hybridized carbons (Fsp3) is 0.158.